The molecule has 0 N–H and O–H groups in total. The third kappa shape index (κ3) is 4.30. The normalized spacial score (nSPS) is 16.8. The van der Waals surface area contributed by atoms with Crippen molar-refractivity contribution in [1.29, 1.82) is 0 Å². The molecule has 1 unspecified atom stereocenters. The second-order valence-electron chi connectivity index (χ2n) is 4.77. The van der Waals surface area contributed by atoms with Gasteiger partial charge in [0.05, 0.1) is 12.8 Å². The summed E-state index contributed by atoms with van der Waals surface area (Å²) in [5.74, 6) is 1.82. The van der Waals surface area contributed by atoms with Gasteiger partial charge < -0.3 is 4.74 Å². The molecule has 1 aromatic heterocycles. The zero-order valence-electron chi connectivity index (χ0n) is 10.4. The van der Waals surface area contributed by atoms with Crippen molar-refractivity contribution >= 4 is 15.9 Å². The third-order valence-electron chi connectivity index (χ3n) is 3.08. The summed E-state index contributed by atoms with van der Waals surface area (Å²) >= 11 is 3.77. The highest BCUT2D eigenvalue weighted by Crippen LogP contribution is 2.38. The van der Waals surface area contributed by atoms with Crippen LogP contribution in [0, 0.1) is 5.92 Å². The molecule has 1 aliphatic carbocycles. The number of alkyl halides is 1. The Morgan fingerprint density at radius 1 is 1.47 bits per heavy atom. The quantitative estimate of drug-likeness (QED) is 0.710. The van der Waals surface area contributed by atoms with Crippen LogP contribution in [0.1, 0.15) is 38.2 Å². The van der Waals surface area contributed by atoms with E-state index in [2.05, 4.69) is 33.9 Å². The highest BCUT2D eigenvalue weighted by atomic mass is 79.9. The van der Waals surface area contributed by atoms with Gasteiger partial charge in [-0.25, -0.2) is 0 Å². The molecule has 1 heterocycles. The predicted octanol–water partition coefficient (Wildman–Crippen LogP) is 3.98. The Labute approximate surface area is 112 Å². The smallest absolute Gasteiger partial charge is 0.137 e. The zero-order valence-corrected chi connectivity index (χ0v) is 11.9. The maximum absolute atomic E-state index is 5.59. The summed E-state index contributed by atoms with van der Waals surface area (Å²) in [6.07, 6.45) is 9.86. The Hall–Kier alpha value is -0.570. The number of nitrogens with zero attached hydrogens (tertiary/aromatic N) is 1. The molecule has 0 bridgehead atoms. The molecular weight excluding hydrogens is 278 g/mol. The van der Waals surface area contributed by atoms with Crippen LogP contribution in [-0.4, -0.2) is 16.4 Å². The molecule has 0 spiro atoms. The summed E-state index contributed by atoms with van der Waals surface area (Å²) in [6, 6.07) is 2.12. The Balaban J connectivity index is 1.82. The van der Waals surface area contributed by atoms with Gasteiger partial charge in [-0.2, -0.15) is 0 Å². The lowest BCUT2D eigenvalue weighted by Gasteiger charge is -2.09. The van der Waals surface area contributed by atoms with Crippen molar-refractivity contribution in [3.05, 3.63) is 24.0 Å². The van der Waals surface area contributed by atoms with Gasteiger partial charge in [0, 0.05) is 11.0 Å². The lowest BCUT2D eigenvalue weighted by molar-refractivity contribution is 0.316. The van der Waals surface area contributed by atoms with Crippen LogP contribution in [0.2, 0.25) is 0 Å². The van der Waals surface area contributed by atoms with Crippen LogP contribution in [0.5, 0.6) is 5.75 Å². The van der Waals surface area contributed by atoms with Gasteiger partial charge in [-0.1, -0.05) is 22.9 Å². The van der Waals surface area contributed by atoms with Gasteiger partial charge in [0.2, 0.25) is 0 Å². The van der Waals surface area contributed by atoms with E-state index < -0.39 is 0 Å². The summed E-state index contributed by atoms with van der Waals surface area (Å²) in [6.45, 7) is 2.89. The van der Waals surface area contributed by atoms with E-state index in [4.69, 9.17) is 4.74 Å². The number of pyridine rings is 1. The van der Waals surface area contributed by atoms with E-state index in [0.717, 1.165) is 31.1 Å². The number of aromatic nitrogens is 1. The molecule has 17 heavy (non-hydrogen) atoms. The van der Waals surface area contributed by atoms with Crippen molar-refractivity contribution < 1.29 is 4.74 Å². The molecule has 1 aromatic rings. The number of ether oxygens (including phenoxy) is 1. The van der Waals surface area contributed by atoms with Crippen LogP contribution in [-0.2, 0) is 6.42 Å². The first kappa shape index (κ1) is 12.9. The van der Waals surface area contributed by atoms with Crippen LogP contribution < -0.4 is 4.74 Å². The van der Waals surface area contributed by atoms with E-state index in [1.807, 2.05) is 6.20 Å². The minimum Gasteiger partial charge on any atom is -0.492 e. The van der Waals surface area contributed by atoms with Crippen molar-refractivity contribution in [3.8, 4) is 5.75 Å². The third-order valence-corrected chi connectivity index (χ3v) is 4.29. The lowest BCUT2D eigenvalue weighted by atomic mass is 10.1. The highest BCUT2D eigenvalue weighted by Gasteiger charge is 2.28. The van der Waals surface area contributed by atoms with Gasteiger partial charge in [0.1, 0.15) is 5.75 Å². The maximum atomic E-state index is 5.59. The summed E-state index contributed by atoms with van der Waals surface area (Å²) < 4.78 is 5.59. The van der Waals surface area contributed by atoms with Gasteiger partial charge in [0.25, 0.3) is 0 Å². The molecule has 0 aliphatic heterocycles. The molecule has 0 saturated heterocycles. The average molecular weight is 298 g/mol. The van der Waals surface area contributed by atoms with Crippen LogP contribution in [0.15, 0.2) is 18.5 Å². The fraction of sp³-hybridized carbons (Fsp3) is 0.643. The topological polar surface area (TPSA) is 22.1 Å². The largest absolute Gasteiger partial charge is 0.492 e. The minimum atomic E-state index is 0.683. The molecule has 0 aromatic carbocycles. The van der Waals surface area contributed by atoms with Crippen LogP contribution in [0.25, 0.3) is 0 Å². The molecule has 2 rings (SSSR count). The number of aryl methyl sites for hydroxylation is 1. The van der Waals surface area contributed by atoms with Crippen molar-refractivity contribution in [1.82, 2.24) is 4.98 Å². The van der Waals surface area contributed by atoms with Crippen LogP contribution in [0.3, 0.4) is 0 Å². The molecule has 0 amide bonds. The molecule has 2 nitrogen and oxygen atoms in total. The maximum Gasteiger partial charge on any atom is 0.137 e. The monoisotopic (exact) mass is 297 g/mol. The van der Waals surface area contributed by atoms with Gasteiger partial charge in [-0.3, -0.25) is 4.98 Å². The van der Waals surface area contributed by atoms with E-state index in [9.17, 15) is 0 Å². The molecule has 1 atom stereocenters. The fourth-order valence-corrected chi connectivity index (χ4v) is 2.66. The molecule has 1 aliphatic rings. The molecule has 3 heteroatoms. The number of rotatable bonds is 7. The predicted molar refractivity (Wildman–Crippen MR) is 73.8 cm³/mol. The van der Waals surface area contributed by atoms with Crippen LogP contribution >= 0.6 is 15.9 Å². The first-order valence-corrected chi connectivity index (χ1v) is 7.42. The molecule has 0 radical (unpaired) electrons. The van der Waals surface area contributed by atoms with Crippen molar-refractivity contribution in [2.24, 2.45) is 5.92 Å². The van der Waals surface area contributed by atoms with Crippen molar-refractivity contribution in [3.63, 3.8) is 0 Å². The van der Waals surface area contributed by atoms with Gasteiger partial charge in [0.15, 0.2) is 0 Å². The van der Waals surface area contributed by atoms with E-state index in [0.29, 0.717) is 4.83 Å². The first-order valence-electron chi connectivity index (χ1n) is 6.50. The first-order chi connectivity index (χ1) is 8.29. The SMILES string of the molecule is CCCOc1cncc(CCC(Br)C2CC2)c1. The lowest BCUT2D eigenvalue weighted by Crippen LogP contribution is -2.03. The van der Waals surface area contributed by atoms with E-state index >= 15 is 0 Å². The molecular formula is C14H20BrNO. The Kier molecular flexibility index (Phi) is 4.84. The van der Waals surface area contributed by atoms with E-state index in [1.165, 1.54) is 24.8 Å². The Bertz CT molecular complexity index is 352. The van der Waals surface area contributed by atoms with Crippen LogP contribution in [0.4, 0.5) is 0 Å². The molecule has 1 fully saturated rings. The standard InChI is InChI=1S/C14H20BrNO/c1-2-7-17-13-8-11(9-16-10-13)3-6-14(15)12-4-5-12/h8-10,12,14H,2-7H2,1H3. The average Bonchev–Trinajstić information content (AvgIpc) is 3.18. The highest BCUT2D eigenvalue weighted by molar-refractivity contribution is 9.09. The molecule has 1 saturated carbocycles. The second kappa shape index (κ2) is 6.39. The fourth-order valence-electron chi connectivity index (χ4n) is 1.90. The number of hydrogen-bond donors (Lipinski definition) is 0. The summed E-state index contributed by atoms with van der Waals surface area (Å²) in [7, 11) is 0. The van der Waals surface area contributed by atoms with Gasteiger partial charge in [-0.15, -0.1) is 0 Å². The Morgan fingerprint density at radius 2 is 2.29 bits per heavy atom. The summed E-state index contributed by atoms with van der Waals surface area (Å²) in [5, 5.41) is 0. The molecule has 94 valence electrons. The van der Waals surface area contributed by atoms with E-state index in [1.54, 1.807) is 6.20 Å². The minimum absolute atomic E-state index is 0.683. The van der Waals surface area contributed by atoms with Crippen molar-refractivity contribution in [2.45, 2.75) is 43.9 Å². The Morgan fingerprint density at radius 3 is 3.00 bits per heavy atom. The second-order valence-corrected chi connectivity index (χ2v) is 5.95. The van der Waals surface area contributed by atoms with Gasteiger partial charge in [-0.05, 0) is 49.7 Å². The van der Waals surface area contributed by atoms with E-state index in [-0.39, 0.29) is 0 Å². The number of hydrogen-bond acceptors (Lipinski definition) is 2. The van der Waals surface area contributed by atoms with Crippen molar-refractivity contribution in [2.75, 3.05) is 6.61 Å². The summed E-state index contributed by atoms with van der Waals surface area (Å²) in [4.78, 5) is 4.92. The zero-order chi connectivity index (χ0) is 12.1. The van der Waals surface area contributed by atoms with Gasteiger partial charge >= 0.3 is 0 Å². The number of halogens is 1. The summed E-state index contributed by atoms with van der Waals surface area (Å²) in [5.41, 5.74) is 1.28.